The molecule has 136 valence electrons. The van der Waals surface area contributed by atoms with Gasteiger partial charge in [0.05, 0.1) is 11.3 Å². The quantitative estimate of drug-likeness (QED) is 0.639. The summed E-state index contributed by atoms with van der Waals surface area (Å²) in [6.45, 7) is 3.07. The van der Waals surface area contributed by atoms with Crippen molar-refractivity contribution in [3.8, 4) is 11.3 Å². The van der Waals surface area contributed by atoms with Gasteiger partial charge in [-0.2, -0.15) is 0 Å². The summed E-state index contributed by atoms with van der Waals surface area (Å²) in [6.07, 6.45) is 8.13. The van der Waals surface area contributed by atoms with Crippen LogP contribution >= 0.6 is 11.6 Å². The van der Waals surface area contributed by atoms with E-state index in [1.54, 1.807) is 31.0 Å². The third kappa shape index (κ3) is 3.53. The molecule has 0 saturated carbocycles. The van der Waals surface area contributed by atoms with E-state index in [1.165, 1.54) is 0 Å². The van der Waals surface area contributed by atoms with Gasteiger partial charge in [0.2, 0.25) is 0 Å². The number of aryl methyl sites for hydroxylation is 1. The Morgan fingerprint density at radius 2 is 1.89 bits per heavy atom. The second-order valence-electron chi connectivity index (χ2n) is 6.53. The fourth-order valence-corrected chi connectivity index (χ4v) is 3.55. The van der Waals surface area contributed by atoms with Crippen LogP contribution in [0.2, 0.25) is 5.15 Å². The lowest BCUT2D eigenvalue weighted by Gasteiger charge is -2.20. The Morgan fingerprint density at radius 3 is 2.70 bits per heavy atom. The van der Waals surface area contributed by atoms with Crippen molar-refractivity contribution in [2.24, 2.45) is 0 Å². The summed E-state index contributed by atoms with van der Waals surface area (Å²) in [7, 11) is 0. The van der Waals surface area contributed by atoms with Crippen LogP contribution in [0.4, 0.5) is 0 Å². The number of pyridine rings is 2. The van der Waals surface area contributed by atoms with Crippen molar-refractivity contribution < 1.29 is 4.79 Å². The normalized spacial score (nSPS) is 13.8. The van der Waals surface area contributed by atoms with Crippen molar-refractivity contribution in [3.05, 3.63) is 70.7 Å². The number of nitrogens with zero attached hydrogens (tertiary/aromatic N) is 5. The Morgan fingerprint density at radius 1 is 1.11 bits per heavy atom. The molecule has 0 N–H and O–H groups in total. The summed E-state index contributed by atoms with van der Waals surface area (Å²) in [4.78, 5) is 31.9. The number of hydrogen-bond acceptors (Lipinski definition) is 5. The summed E-state index contributed by atoms with van der Waals surface area (Å²) >= 11 is 6.16. The van der Waals surface area contributed by atoms with E-state index in [4.69, 9.17) is 11.6 Å². The van der Waals surface area contributed by atoms with Gasteiger partial charge in [-0.15, -0.1) is 0 Å². The lowest BCUT2D eigenvalue weighted by Crippen LogP contribution is -2.33. The molecule has 1 amide bonds. The summed E-state index contributed by atoms with van der Waals surface area (Å²) < 4.78 is 0. The molecular weight excluding hydrogens is 362 g/mol. The van der Waals surface area contributed by atoms with E-state index >= 15 is 0 Å². The van der Waals surface area contributed by atoms with Gasteiger partial charge in [0, 0.05) is 54.9 Å². The first kappa shape index (κ1) is 17.5. The number of aromatic nitrogens is 4. The SMILES string of the molecule is Cc1cnc(Cl)c(C(=O)N2CCc3ncnc(-c4ccncc4)c3CC2)c1. The summed E-state index contributed by atoms with van der Waals surface area (Å²) in [5, 5.41) is 0.240. The Balaban J connectivity index is 1.62. The first-order chi connectivity index (χ1) is 13.1. The Hall–Kier alpha value is -2.86. The fraction of sp³-hybridized carbons (Fsp3) is 0.250. The standard InChI is InChI=1S/C20H18ClN5O/c1-13-10-16(19(21)23-11-13)20(27)26-8-4-15-17(5-9-26)24-12-25-18(15)14-2-6-22-7-3-14/h2-3,6-7,10-12H,4-5,8-9H2,1H3. The first-order valence-electron chi connectivity index (χ1n) is 8.78. The van der Waals surface area contributed by atoms with Crippen LogP contribution in [-0.2, 0) is 12.8 Å². The highest BCUT2D eigenvalue weighted by atomic mass is 35.5. The Bertz CT molecular complexity index is 993. The molecule has 27 heavy (non-hydrogen) atoms. The van der Waals surface area contributed by atoms with Crippen molar-refractivity contribution >= 4 is 17.5 Å². The van der Waals surface area contributed by atoms with Gasteiger partial charge in [0.15, 0.2) is 0 Å². The van der Waals surface area contributed by atoms with Gasteiger partial charge in [-0.1, -0.05) is 11.6 Å². The van der Waals surface area contributed by atoms with E-state index in [0.29, 0.717) is 31.5 Å². The minimum Gasteiger partial charge on any atom is -0.338 e. The van der Waals surface area contributed by atoms with Gasteiger partial charge in [0.25, 0.3) is 5.91 Å². The molecular formula is C20H18ClN5O. The zero-order valence-corrected chi connectivity index (χ0v) is 15.6. The number of fused-ring (bicyclic) bond motifs is 1. The van der Waals surface area contributed by atoms with Crippen LogP contribution in [-0.4, -0.2) is 43.8 Å². The summed E-state index contributed by atoms with van der Waals surface area (Å²) in [6, 6.07) is 5.67. The monoisotopic (exact) mass is 379 g/mol. The van der Waals surface area contributed by atoms with E-state index in [1.807, 2.05) is 24.0 Å². The fourth-order valence-electron chi connectivity index (χ4n) is 3.36. The van der Waals surface area contributed by atoms with Crippen LogP contribution in [0.15, 0.2) is 43.1 Å². The number of carbonyl (C=O) groups is 1. The molecule has 1 aliphatic rings. The van der Waals surface area contributed by atoms with Crippen molar-refractivity contribution in [1.29, 1.82) is 0 Å². The highest BCUT2D eigenvalue weighted by Gasteiger charge is 2.24. The van der Waals surface area contributed by atoms with Gasteiger partial charge in [-0.05, 0) is 37.1 Å². The third-order valence-corrected chi connectivity index (χ3v) is 5.03. The molecule has 6 nitrogen and oxygen atoms in total. The number of hydrogen-bond donors (Lipinski definition) is 0. The van der Waals surface area contributed by atoms with Gasteiger partial charge in [0.1, 0.15) is 11.5 Å². The van der Waals surface area contributed by atoms with E-state index in [-0.39, 0.29) is 11.1 Å². The van der Waals surface area contributed by atoms with E-state index in [0.717, 1.165) is 28.1 Å². The summed E-state index contributed by atoms with van der Waals surface area (Å²) in [5.74, 6) is -0.0950. The maximum atomic E-state index is 13.0. The lowest BCUT2D eigenvalue weighted by molar-refractivity contribution is 0.0762. The van der Waals surface area contributed by atoms with Crippen LogP contribution in [0.1, 0.15) is 27.2 Å². The first-order valence-corrected chi connectivity index (χ1v) is 9.16. The Labute approximate surface area is 162 Å². The molecule has 0 saturated heterocycles. The van der Waals surface area contributed by atoms with E-state index in [9.17, 15) is 4.79 Å². The average molecular weight is 380 g/mol. The topological polar surface area (TPSA) is 71.9 Å². The molecule has 1 aliphatic heterocycles. The zero-order valence-electron chi connectivity index (χ0n) is 14.9. The molecule has 0 radical (unpaired) electrons. The molecule has 0 bridgehead atoms. The second-order valence-corrected chi connectivity index (χ2v) is 6.88. The lowest BCUT2D eigenvalue weighted by atomic mass is 10.0. The molecule has 4 heterocycles. The van der Waals surface area contributed by atoms with Crippen molar-refractivity contribution in [2.45, 2.75) is 19.8 Å². The molecule has 4 rings (SSSR count). The predicted molar refractivity (Wildman–Crippen MR) is 103 cm³/mol. The van der Waals surface area contributed by atoms with Gasteiger partial charge < -0.3 is 4.90 Å². The number of carbonyl (C=O) groups excluding carboxylic acids is 1. The molecule has 0 fully saturated rings. The number of amides is 1. The second kappa shape index (κ2) is 7.40. The smallest absolute Gasteiger partial charge is 0.257 e. The largest absolute Gasteiger partial charge is 0.338 e. The van der Waals surface area contributed by atoms with Gasteiger partial charge in [-0.3, -0.25) is 9.78 Å². The predicted octanol–water partition coefficient (Wildman–Crippen LogP) is 3.14. The maximum Gasteiger partial charge on any atom is 0.257 e. The molecule has 0 atom stereocenters. The highest BCUT2D eigenvalue weighted by molar-refractivity contribution is 6.32. The number of rotatable bonds is 2. The van der Waals surface area contributed by atoms with E-state index in [2.05, 4.69) is 19.9 Å². The van der Waals surface area contributed by atoms with Gasteiger partial charge >= 0.3 is 0 Å². The minimum atomic E-state index is -0.0950. The van der Waals surface area contributed by atoms with Crippen LogP contribution < -0.4 is 0 Å². The van der Waals surface area contributed by atoms with Crippen LogP contribution in [0.25, 0.3) is 11.3 Å². The molecule has 0 unspecified atom stereocenters. The average Bonchev–Trinajstić information content (AvgIpc) is 2.92. The molecule has 0 aliphatic carbocycles. The Kier molecular flexibility index (Phi) is 4.81. The highest BCUT2D eigenvalue weighted by Crippen LogP contribution is 2.26. The zero-order chi connectivity index (χ0) is 18.8. The van der Waals surface area contributed by atoms with Crippen molar-refractivity contribution in [3.63, 3.8) is 0 Å². The van der Waals surface area contributed by atoms with Crippen LogP contribution in [0, 0.1) is 6.92 Å². The molecule has 7 heteroatoms. The molecule has 0 aromatic carbocycles. The van der Waals surface area contributed by atoms with Crippen molar-refractivity contribution in [2.75, 3.05) is 13.1 Å². The third-order valence-electron chi connectivity index (χ3n) is 4.73. The van der Waals surface area contributed by atoms with E-state index < -0.39 is 0 Å². The summed E-state index contributed by atoms with van der Waals surface area (Å²) in [5.41, 5.74) is 5.35. The van der Waals surface area contributed by atoms with Crippen molar-refractivity contribution in [1.82, 2.24) is 24.8 Å². The maximum absolute atomic E-state index is 13.0. The minimum absolute atomic E-state index is 0.0950. The molecule has 3 aromatic rings. The van der Waals surface area contributed by atoms with Crippen LogP contribution in [0.5, 0.6) is 0 Å². The number of halogens is 1. The molecule has 3 aromatic heterocycles. The van der Waals surface area contributed by atoms with Crippen LogP contribution in [0.3, 0.4) is 0 Å². The van der Waals surface area contributed by atoms with Gasteiger partial charge in [-0.25, -0.2) is 15.0 Å². The molecule has 0 spiro atoms.